The molecule has 2 rings (SSSR count). The van der Waals surface area contributed by atoms with E-state index in [9.17, 15) is 0 Å². The van der Waals surface area contributed by atoms with Gasteiger partial charge < -0.3 is 5.32 Å². The van der Waals surface area contributed by atoms with Crippen LogP contribution in [0.1, 0.15) is 37.8 Å². The molecule has 0 radical (unpaired) electrons. The summed E-state index contributed by atoms with van der Waals surface area (Å²) >= 11 is 0. The third-order valence-corrected chi connectivity index (χ3v) is 4.07. The Morgan fingerprint density at radius 1 is 1.28 bits per heavy atom. The zero-order chi connectivity index (χ0) is 13.0. The molecule has 1 fully saturated rings. The van der Waals surface area contributed by atoms with Crippen molar-refractivity contribution in [1.29, 1.82) is 0 Å². The first kappa shape index (κ1) is 13.6. The van der Waals surface area contributed by atoms with Crippen LogP contribution < -0.4 is 5.32 Å². The summed E-state index contributed by atoms with van der Waals surface area (Å²) in [5.74, 6) is 0. The smallest absolute Gasteiger partial charge is 0.0237 e. The molecule has 18 heavy (non-hydrogen) atoms. The Labute approximate surface area is 111 Å². The zero-order valence-corrected chi connectivity index (χ0v) is 11.9. The molecule has 2 unspecified atom stereocenters. The Hall–Kier alpha value is -0.860. The van der Waals surface area contributed by atoms with E-state index in [1.54, 1.807) is 0 Å². The predicted octanol–water partition coefficient (Wildman–Crippen LogP) is 2.96. The first-order valence-electron chi connectivity index (χ1n) is 7.22. The first-order valence-corrected chi connectivity index (χ1v) is 7.22. The van der Waals surface area contributed by atoms with Gasteiger partial charge in [0.25, 0.3) is 0 Å². The second-order valence-corrected chi connectivity index (χ2v) is 5.61. The fraction of sp³-hybridized carbons (Fsp3) is 0.625. The van der Waals surface area contributed by atoms with Gasteiger partial charge in [0.05, 0.1) is 0 Å². The average molecular weight is 246 g/mol. The Morgan fingerprint density at radius 3 is 2.67 bits per heavy atom. The maximum Gasteiger partial charge on any atom is 0.0237 e. The van der Waals surface area contributed by atoms with E-state index < -0.39 is 0 Å². The highest BCUT2D eigenvalue weighted by Gasteiger charge is 2.21. The van der Waals surface area contributed by atoms with Crippen molar-refractivity contribution in [3.05, 3.63) is 35.4 Å². The molecular weight excluding hydrogens is 220 g/mol. The molecule has 1 heterocycles. The number of nitrogens with one attached hydrogen (secondary N) is 1. The Bertz CT molecular complexity index is 358. The summed E-state index contributed by atoms with van der Waals surface area (Å²) in [5, 5.41) is 3.64. The Morgan fingerprint density at radius 2 is 2.00 bits per heavy atom. The molecule has 1 aliphatic rings. The lowest BCUT2D eigenvalue weighted by Gasteiger charge is -2.28. The zero-order valence-electron chi connectivity index (χ0n) is 11.9. The fourth-order valence-corrected chi connectivity index (χ4v) is 2.63. The lowest BCUT2D eigenvalue weighted by atomic mass is 10.1. The number of hydrogen-bond acceptors (Lipinski definition) is 2. The molecule has 100 valence electrons. The molecule has 0 saturated carbocycles. The van der Waals surface area contributed by atoms with Crippen LogP contribution in [0.15, 0.2) is 24.3 Å². The number of benzene rings is 1. The minimum absolute atomic E-state index is 0.653. The summed E-state index contributed by atoms with van der Waals surface area (Å²) in [4.78, 5) is 2.62. The van der Waals surface area contributed by atoms with E-state index in [2.05, 4.69) is 55.3 Å². The number of hydrogen-bond donors (Lipinski definition) is 1. The minimum atomic E-state index is 0.653. The van der Waals surface area contributed by atoms with Crippen LogP contribution in [0.4, 0.5) is 0 Å². The van der Waals surface area contributed by atoms with E-state index in [4.69, 9.17) is 0 Å². The van der Waals surface area contributed by atoms with Gasteiger partial charge in [0.2, 0.25) is 0 Å². The molecule has 2 heteroatoms. The first-order chi connectivity index (χ1) is 8.69. The lowest BCUT2D eigenvalue weighted by molar-refractivity contribution is 0.194. The van der Waals surface area contributed by atoms with Crippen LogP contribution in [0.5, 0.6) is 0 Å². The third-order valence-electron chi connectivity index (χ3n) is 4.07. The molecule has 2 nitrogen and oxygen atoms in total. The van der Waals surface area contributed by atoms with Crippen LogP contribution in [0, 0.1) is 6.92 Å². The molecule has 1 aromatic carbocycles. The van der Waals surface area contributed by atoms with Gasteiger partial charge in [0, 0.05) is 25.2 Å². The second-order valence-electron chi connectivity index (χ2n) is 5.61. The van der Waals surface area contributed by atoms with Crippen molar-refractivity contribution >= 4 is 0 Å². The molecule has 1 aromatic rings. The van der Waals surface area contributed by atoms with Gasteiger partial charge >= 0.3 is 0 Å². The summed E-state index contributed by atoms with van der Waals surface area (Å²) in [6.07, 6.45) is 2.47. The van der Waals surface area contributed by atoms with E-state index in [0.29, 0.717) is 12.1 Å². The van der Waals surface area contributed by atoms with Crippen molar-refractivity contribution in [2.45, 2.75) is 52.2 Å². The Kier molecular flexibility index (Phi) is 4.79. The van der Waals surface area contributed by atoms with E-state index in [1.165, 1.54) is 30.5 Å². The van der Waals surface area contributed by atoms with Gasteiger partial charge in [-0.2, -0.15) is 0 Å². The highest BCUT2D eigenvalue weighted by molar-refractivity contribution is 5.21. The van der Waals surface area contributed by atoms with E-state index in [1.807, 2.05) is 0 Å². The van der Waals surface area contributed by atoms with Gasteiger partial charge in [-0.1, -0.05) is 36.8 Å². The fourth-order valence-electron chi connectivity index (χ4n) is 2.63. The Balaban J connectivity index is 2.02. The highest BCUT2D eigenvalue weighted by Crippen LogP contribution is 2.15. The van der Waals surface area contributed by atoms with Gasteiger partial charge in [0.15, 0.2) is 0 Å². The van der Waals surface area contributed by atoms with Crippen molar-refractivity contribution in [3.63, 3.8) is 0 Å². The van der Waals surface area contributed by atoms with Gasteiger partial charge in [0.1, 0.15) is 0 Å². The summed E-state index contributed by atoms with van der Waals surface area (Å²) in [7, 11) is 0. The van der Waals surface area contributed by atoms with Gasteiger partial charge in [-0.3, -0.25) is 4.90 Å². The molecule has 1 saturated heterocycles. The molecule has 0 aliphatic carbocycles. The maximum absolute atomic E-state index is 3.64. The van der Waals surface area contributed by atoms with Gasteiger partial charge in [-0.05, 0) is 38.8 Å². The minimum Gasteiger partial charge on any atom is -0.313 e. The standard InChI is InChI=1S/C16H26N2/c1-4-16-12-18(14(3)9-10-17-16)11-15-7-5-13(2)6-8-15/h5-8,14,16-17H,4,9-12H2,1-3H3. The maximum atomic E-state index is 3.64. The summed E-state index contributed by atoms with van der Waals surface area (Å²) in [6, 6.07) is 10.3. The normalized spacial score (nSPS) is 25.9. The largest absolute Gasteiger partial charge is 0.313 e. The van der Waals surface area contributed by atoms with Crippen LogP contribution >= 0.6 is 0 Å². The molecule has 2 atom stereocenters. The SMILES string of the molecule is CCC1CN(Cc2ccc(C)cc2)C(C)CCN1. The van der Waals surface area contributed by atoms with Gasteiger partial charge in [-0.25, -0.2) is 0 Å². The molecule has 1 N–H and O–H groups in total. The summed E-state index contributed by atoms with van der Waals surface area (Å²) in [6.45, 7) is 10.2. The van der Waals surface area contributed by atoms with Crippen LogP contribution in [0.25, 0.3) is 0 Å². The van der Waals surface area contributed by atoms with Crippen molar-refractivity contribution in [1.82, 2.24) is 10.2 Å². The number of rotatable bonds is 3. The van der Waals surface area contributed by atoms with Crippen molar-refractivity contribution < 1.29 is 0 Å². The third kappa shape index (κ3) is 3.56. The quantitative estimate of drug-likeness (QED) is 0.882. The topological polar surface area (TPSA) is 15.3 Å². The predicted molar refractivity (Wildman–Crippen MR) is 77.7 cm³/mol. The van der Waals surface area contributed by atoms with Crippen LogP contribution in [-0.2, 0) is 6.54 Å². The molecular formula is C16H26N2. The van der Waals surface area contributed by atoms with E-state index in [0.717, 1.165) is 13.1 Å². The van der Waals surface area contributed by atoms with Gasteiger partial charge in [-0.15, -0.1) is 0 Å². The van der Waals surface area contributed by atoms with E-state index in [-0.39, 0.29) is 0 Å². The van der Waals surface area contributed by atoms with Crippen molar-refractivity contribution in [2.75, 3.05) is 13.1 Å². The number of aryl methyl sites for hydroxylation is 1. The molecule has 0 bridgehead atoms. The summed E-state index contributed by atoms with van der Waals surface area (Å²) in [5.41, 5.74) is 2.78. The molecule has 1 aliphatic heterocycles. The molecule has 0 aromatic heterocycles. The summed E-state index contributed by atoms with van der Waals surface area (Å²) < 4.78 is 0. The van der Waals surface area contributed by atoms with E-state index >= 15 is 0 Å². The van der Waals surface area contributed by atoms with Crippen molar-refractivity contribution in [2.24, 2.45) is 0 Å². The van der Waals surface area contributed by atoms with Crippen LogP contribution in [0.3, 0.4) is 0 Å². The van der Waals surface area contributed by atoms with Crippen LogP contribution in [0.2, 0.25) is 0 Å². The average Bonchev–Trinajstić information content (AvgIpc) is 2.55. The lowest BCUT2D eigenvalue weighted by Crippen LogP contribution is -2.39. The molecule has 0 amide bonds. The van der Waals surface area contributed by atoms with Crippen LogP contribution in [-0.4, -0.2) is 30.1 Å². The molecule has 0 spiro atoms. The second kappa shape index (κ2) is 6.35. The van der Waals surface area contributed by atoms with Crippen molar-refractivity contribution in [3.8, 4) is 0 Å². The number of nitrogens with zero attached hydrogens (tertiary/aromatic N) is 1. The highest BCUT2D eigenvalue weighted by atomic mass is 15.2. The monoisotopic (exact) mass is 246 g/mol.